The molecule has 0 heterocycles. The zero-order valence-electron chi connectivity index (χ0n) is 16.7. The van der Waals surface area contributed by atoms with Crippen LogP contribution < -0.4 is 0 Å². The molecule has 0 saturated heterocycles. The summed E-state index contributed by atoms with van der Waals surface area (Å²) in [6.45, 7) is 7.19. The Hall–Kier alpha value is -1.86. The molecule has 0 spiro atoms. The van der Waals surface area contributed by atoms with Crippen LogP contribution in [0, 0.1) is 11.3 Å². The van der Waals surface area contributed by atoms with Crippen molar-refractivity contribution in [1.82, 2.24) is 0 Å². The van der Waals surface area contributed by atoms with Crippen LogP contribution in [0.25, 0.3) is 0 Å². The van der Waals surface area contributed by atoms with E-state index < -0.39 is 0 Å². The summed E-state index contributed by atoms with van der Waals surface area (Å²) in [7, 11) is 1.86. The third-order valence-electron chi connectivity index (χ3n) is 6.30. The van der Waals surface area contributed by atoms with Gasteiger partial charge in [0.1, 0.15) is 0 Å². The summed E-state index contributed by atoms with van der Waals surface area (Å²) in [6, 6.07) is 21.6. The predicted octanol–water partition coefficient (Wildman–Crippen LogP) is 6.76. The third-order valence-corrected chi connectivity index (χ3v) is 6.30. The Morgan fingerprint density at radius 1 is 0.962 bits per heavy atom. The lowest BCUT2D eigenvalue weighted by atomic mass is 9.61. The van der Waals surface area contributed by atoms with Gasteiger partial charge in [0, 0.05) is 7.11 Å². The van der Waals surface area contributed by atoms with Gasteiger partial charge in [-0.3, -0.25) is 0 Å². The molecule has 138 valence electrons. The molecule has 0 N–H and O–H groups in total. The van der Waals surface area contributed by atoms with E-state index >= 15 is 0 Å². The molecule has 1 aliphatic carbocycles. The molecule has 0 aromatic heterocycles. The summed E-state index contributed by atoms with van der Waals surface area (Å²) in [5.41, 5.74) is 6.10. The van der Waals surface area contributed by atoms with E-state index in [1.165, 1.54) is 24.0 Å². The maximum atomic E-state index is 6.04. The van der Waals surface area contributed by atoms with Gasteiger partial charge in [-0.1, -0.05) is 85.7 Å². The average molecular weight is 349 g/mol. The van der Waals surface area contributed by atoms with Crippen LogP contribution >= 0.6 is 0 Å². The molecule has 0 bridgehead atoms. The van der Waals surface area contributed by atoms with Gasteiger partial charge in [0.25, 0.3) is 0 Å². The van der Waals surface area contributed by atoms with Crippen LogP contribution in [0.15, 0.2) is 71.8 Å². The lowest BCUT2D eigenvalue weighted by molar-refractivity contribution is -0.000794. The van der Waals surface area contributed by atoms with Crippen molar-refractivity contribution in [3.63, 3.8) is 0 Å². The van der Waals surface area contributed by atoms with Gasteiger partial charge in [-0.25, -0.2) is 0 Å². The second kappa shape index (κ2) is 8.22. The zero-order chi connectivity index (χ0) is 18.6. The highest BCUT2D eigenvalue weighted by Crippen LogP contribution is 2.51. The SMILES string of the molecule is COC(c1ccccc1)C1CCC(C)=C(CCc2ccccc2)C1(C)C. The molecule has 3 rings (SSSR count). The summed E-state index contributed by atoms with van der Waals surface area (Å²) in [4.78, 5) is 0. The van der Waals surface area contributed by atoms with Gasteiger partial charge < -0.3 is 4.74 Å². The summed E-state index contributed by atoms with van der Waals surface area (Å²) in [5.74, 6) is 0.504. The number of methoxy groups -OCH3 is 1. The van der Waals surface area contributed by atoms with Crippen molar-refractivity contribution in [2.45, 2.75) is 52.6 Å². The van der Waals surface area contributed by atoms with E-state index in [9.17, 15) is 0 Å². The maximum Gasteiger partial charge on any atom is 0.0857 e. The van der Waals surface area contributed by atoms with Crippen LogP contribution in [0.1, 0.15) is 57.3 Å². The first-order valence-corrected chi connectivity index (χ1v) is 9.84. The molecule has 0 aliphatic heterocycles. The highest BCUT2D eigenvalue weighted by Gasteiger charge is 2.41. The van der Waals surface area contributed by atoms with Crippen molar-refractivity contribution in [3.8, 4) is 0 Å². The van der Waals surface area contributed by atoms with Crippen LogP contribution in [-0.2, 0) is 11.2 Å². The highest BCUT2D eigenvalue weighted by atomic mass is 16.5. The monoisotopic (exact) mass is 348 g/mol. The molecular weight excluding hydrogens is 316 g/mol. The van der Waals surface area contributed by atoms with Crippen molar-refractivity contribution >= 4 is 0 Å². The van der Waals surface area contributed by atoms with Crippen LogP contribution in [0.4, 0.5) is 0 Å². The molecule has 1 heteroatoms. The summed E-state index contributed by atoms with van der Waals surface area (Å²) in [5, 5.41) is 0. The molecule has 2 aromatic carbocycles. The number of allylic oxidation sites excluding steroid dienone is 2. The predicted molar refractivity (Wildman–Crippen MR) is 110 cm³/mol. The summed E-state index contributed by atoms with van der Waals surface area (Å²) >= 11 is 0. The van der Waals surface area contributed by atoms with E-state index in [4.69, 9.17) is 4.74 Å². The van der Waals surface area contributed by atoms with E-state index in [-0.39, 0.29) is 11.5 Å². The van der Waals surface area contributed by atoms with Crippen molar-refractivity contribution in [2.75, 3.05) is 7.11 Å². The zero-order valence-corrected chi connectivity index (χ0v) is 16.7. The van der Waals surface area contributed by atoms with Gasteiger partial charge in [-0.2, -0.15) is 0 Å². The second-order valence-corrected chi connectivity index (χ2v) is 8.18. The van der Waals surface area contributed by atoms with Crippen LogP contribution in [0.3, 0.4) is 0 Å². The fourth-order valence-corrected chi connectivity index (χ4v) is 4.81. The minimum Gasteiger partial charge on any atom is -0.376 e. The maximum absolute atomic E-state index is 6.04. The first-order chi connectivity index (χ1) is 12.5. The minimum absolute atomic E-state index is 0.146. The van der Waals surface area contributed by atoms with Gasteiger partial charge in [0.05, 0.1) is 6.10 Å². The lowest BCUT2D eigenvalue weighted by Crippen LogP contribution is -2.36. The Balaban J connectivity index is 1.84. The number of ether oxygens (including phenoxy) is 1. The molecule has 0 fully saturated rings. The molecular formula is C25H32O. The fraction of sp³-hybridized carbons (Fsp3) is 0.440. The lowest BCUT2D eigenvalue weighted by Gasteiger charge is -2.45. The fourth-order valence-electron chi connectivity index (χ4n) is 4.81. The Morgan fingerprint density at radius 3 is 2.19 bits per heavy atom. The summed E-state index contributed by atoms with van der Waals surface area (Å²) in [6.07, 6.45) is 4.80. The number of aryl methyl sites for hydroxylation is 1. The summed E-state index contributed by atoms with van der Waals surface area (Å²) < 4.78 is 6.04. The molecule has 0 radical (unpaired) electrons. The first-order valence-electron chi connectivity index (χ1n) is 9.84. The minimum atomic E-state index is 0.146. The molecule has 2 unspecified atom stereocenters. The van der Waals surface area contributed by atoms with E-state index in [0.717, 1.165) is 12.8 Å². The topological polar surface area (TPSA) is 9.23 Å². The van der Waals surface area contributed by atoms with Crippen LogP contribution in [0.5, 0.6) is 0 Å². The van der Waals surface area contributed by atoms with Gasteiger partial charge in [0.15, 0.2) is 0 Å². The largest absolute Gasteiger partial charge is 0.376 e. The Kier molecular flexibility index (Phi) is 5.98. The van der Waals surface area contributed by atoms with E-state index in [1.54, 1.807) is 11.1 Å². The standard InChI is InChI=1S/C25H32O/c1-19-15-17-23(24(26-4)21-13-9-6-10-14-21)25(2,3)22(19)18-16-20-11-7-5-8-12-20/h5-14,23-24H,15-18H2,1-4H3. The smallest absolute Gasteiger partial charge is 0.0857 e. The Morgan fingerprint density at radius 2 is 1.58 bits per heavy atom. The Bertz CT molecular complexity index is 727. The molecule has 2 atom stereocenters. The van der Waals surface area contributed by atoms with Crippen molar-refractivity contribution in [2.24, 2.45) is 11.3 Å². The molecule has 0 amide bonds. The molecule has 26 heavy (non-hydrogen) atoms. The van der Waals surface area contributed by atoms with Gasteiger partial charge in [0.2, 0.25) is 0 Å². The van der Waals surface area contributed by atoms with Crippen molar-refractivity contribution < 1.29 is 4.74 Å². The molecule has 0 saturated carbocycles. The second-order valence-electron chi connectivity index (χ2n) is 8.18. The number of hydrogen-bond acceptors (Lipinski definition) is 1. The van der Waals surface area contributed by atoms with Crippen molar-refractivity contribution in [3.05, 3.63) is 82.9 Å². The quantitative estimate of drug-likeness (QED) is 0.524. The van der Waals surface area contributed by atoms with E-state index in [0.29, 0.717) is 5.92 Å². The Labute approximate surface area is 159 Å². The van der Waals surface area contributed by atoms with Crippen LogP contribution in [0.2, 0.25) is 0 Å². The van der Waals surface area contributed by atoms with E-state index in [1.807, 2.05) is 7.11 Å². The van der Waals surface area contributed by atoms with Crippen LogP contribution in [-0.4, -0.2) is 7.11 Å². The van der Waals surface area contributed by atoms with Gasteiger partial charge in [-0.15, -0.1) is 0 Å². The van der Waals surface area contributed by atoms with Gasteiger partial charge in [-0.05, 0) is 55.1 Å². The highest BCUT2D eigenvalue weighted by molar-refractivity contribution is 5.29. The number of hydrogen-bond donors (Lipinski definition) is 0. The first kappa shape index (κ1) is 18.9. The average Bonchev–Trinajstić information content (AvgIpc) is 2.65. The van der Waals surface area contributed by atoms with E-state index in [2.05, 4.69) is 81.4 Å². The van der Waals surface area contributed by atoms with Crippen molar-refractivity contribution in [1.29, 1.82) is 0 Å². The molecule has 1 aliphatic rings. The number of benzene rings is 2. The molecule has 1 nitrogen and oxygen atoms in total. The van der Waals surface area contributed by atoms with Gasteiger partial charge >= 0.3 is 0 Å². The molecule has 2 aromatic rings. The normalized spacial score (nSPS) is 20.8. The third kappa shape index (κ3) is 3.94. The number of rotatable bonds is 6.